The van der Waals surface area contributed by atoms with Gasteiger partial charge in [-0.25, -0.2) is 0 Å². The topological polar surface area (TPSA) is 81.7 Å². The standard InChI is InChI=1S/C14H13NO5S/c1-3-19-11-6-9(4-5-10(11)20-8(2)16)7-12-13(17)15-14(18)21-12/h4-7H,3H2,1-2H3,(H,15,17,18)/b12-7-. The van der Waals surface area contributed by atoms with Crippen LogP contribution < -0.4 is 14.8 Å². The van der Waals surface area contributed by atoms with Crippen LogP contribution in [0, 0.1) is 0 Å². The van der Waals surface area contributed by atoms with Gasteiger partial charge in [0.2, 0.25) is 0 Å². The van der Waals surface area contributed by atoms with Crippen LogP contribution in [-0.2, 0) is 9.59 Å². The van der Waals surface area contributed by atoms with Crippen LogP contribution in [0.15, 0.2) is 23.1 Å². The summed E-state index contributed by atoms with van der Waals surface area (Å²) in [5.74, 6) is -0.159. The summed E-state index contributed by atoms with van der Waals surface area (Å²) in [6, 6.07) is 4.90. The molecule has 7 heteroatoms. The maximum absolute atomic E-state index is 11.5. The van der Waals surface area contributed by atoms with Crippen LogP contribution in [0.3, 0.4) is 0 Å². The molecule has 6 nitrogen and oxygen atoms in total. The Labute approximate surface area is 125 Å². The maximum Gasteiger partial charge on any atom is 0.308 e. The summed E-state index contributed by atoms with van der Waals surface area (Å²) in [5, 5.41) is 1.79. The van der Waals surface area contributed by atoms with Gasteiger partial charge < -0.3 is 9.47 Å². The molecule has 1 aliphatic rings. The van der Waals surface area contributed by atoms with Crippen LogP contribution in [0.5, 0.6) is 11.5 Å². The van der Waals surface area contributed by atoms with Gasteiger partial charge in [-0.3, -0.25) is 19.7 Å². The highest BCUT2D eigenvalue weighted by Crippen LogP contribution is 2.31. The Balaban J connectivity index is 2.31. The lowest BCUT2D eigenvalue weighted by Gasteiger charge is -2.10. The second kappa shape index (κ2) is 6.45. The number of imide groups is 1. The molecule has 1 aromatic carbocycles. The van der Waals surface area contributed by atoms with Gasteiger partial charge in [0, 0.05) is 6.92 Å². The van der Waals surface area contributed by atoms with Crippen LogP contribution in [0.4, 0.5) is 4.79 Å². The van der Waals surface area contributed by atoms with Gasteiger partial charge in [-0.05, 0) is 42.5 Å². The molecular formula is C14H13NO5S. The molecule has 1 heterocycles. The first-order valence-electron chi connectivity index (χ1n) is 6.19. The summed E-state index contributed by atoms with van der Waals surface area (Å²) in [5.41, 5.74) is 0.668. The number of nitrogens with one attached hydrogen (secondary N) is 1. The smallest absolute Gasteiger partial charge is 0.308 e. The number of amides is 2. The second-order valence-electron chi connectivity index (χ2n) is 4.09. The van der Waals surface area contributed by atoms with Crippen molar-refractivity contribution >= 4 is 35.0 Å². The van der Waals surface area contributed by atoms with E-state index in [2.05, 4.69) is 5.32 Å². The highest BCUT2D eigenvalue weighted by atomic mass is 32.2. The quantitative estimate of drug-likeness (QED) is 0.522. The third-order valence-corrected chi connectivity index (χ3v) is 3.27. The van der Waals surface area contributed by atoms with Crippen LogP contribution in [0.2, 0.25) is 0 Å². The summed E-state index contributed by atoms with van der Waals surface area (Å²) < 4.78 is 10.4. The normalized spacial score (nSPS) is 16.0. The van der Waals surface area contributed by atoms with Crippen molar-refractivity contribution in [3.8, 4) is 11.5 Å². The Hall–Kier alpha value is -2.28. The number of hydrogen-bond acceptors (Lipinski definition) is 6. The van der Waals surface area contributed by atoms with E-state index in [1.807, 2.05) is 6.92 Å². The average molecular weight is 307 g/mol. The number of benzene rings is 1. The number of ether oxygens (including phenoxy) is 2. The first-order valence-corrected chi connectivity index (χ1v) is 7.01. The van der Waals surface area contributed by atoms with Gasteiger partial charge in [-0.15, -0.1) is 0 Å². The van der Waals surface area contributed by atoms with Crippen molar-refractivity contribution in [3.05, 3.63) is 28.7 Å². The molecule has 1 aliphatic heterocycles. The van der Waals surface area contributed by atoms with Crippen molar-refractivity contribution in [1.29, 1.82) is 0 Å². The number of esters is 1. The predicted octanol–water partition coefficient (Wildman–Crippen LogP) is 2.33. The maximum atomic E-state index is 11.5. The van der Waals surface area contributed by atoms with Crippen LogP contribution in [0.1, 0.15) is 19.4 Å². The zero-order chi connectivity index (χ0) is 15.4. The molecular weight excluding hydrogens is 294 g/mol. The zero-order valence-corrected chi connectivity index (χ0v) is 12.3. The minimum Gasteiger partial charge on any atom is -0.490 e. The van der Waals surface area contributed by atoms with Crippen molar-refractivity contribution < 1.29 is 23.9 Å². The molecule has 0 radical (unpaired) electrons. The monoisotopic (exact) mass is 307 g/mol. The molecule has 2 rings (SSSR count). The minimum atomic E-state index is -0.446. The first kappa shape index (κ1) is 15.1. The Kier molecular flexibility index (Phi) is 4.64. The lowest BCUT2D eigenvalue weighted by molar-refractivity contribution is -0.132. The fraction of sp³-hybridized carbons (Fsp3) is 0.214. The van der Waals surface area contributed by atoms with E-state index < -0.39 is 17.1 Å². The van der Waals surface area contributed by atoms with E-state index in [4.69, 9.17) is 9.47 Å². The van der Waals surface area contributed by atoms with Crippen molar-refractivity contribution in [2.45, 2.75) is 13.8 Å². The Morgan fingerprint density at radius 2 is 2.10 bits per heavy atom. The Morgan fingerprint density at radius 1 is 1.33 bits per heavy atom. The van der Waals surface area contributed by atoms with E-state index in [0.29, 0.717) is 28.6 Å². The van der Waals surface area contributed by atoms with Crippen LogP contribution in [-0.4, -0.2) is 23.7 Å². The van der Waals surface area contributed by atoms with Crippen molar-refractivity contribution in [3.63, 3.8) is 0 Å². The highest BCUT2D eigenvalue weighted by Gasteiger charge is 2.25. The van der Waals surface area contributed by atoms with Crippen molar-refractivity contribution in [1.82, 2.24) is 5.32 Å². The van der Waals surface area contributed by atoms with E-state index in [1.165, 1.54) is 6.92 Å². The molecule has 0 aromatic heterocycles. The molecule has 110 valence electrons. The number of carbonyl (C=O) groups excluding carboxylic acids is 3. The van der Waals surface area contributed by atoms with Gasteiger partial charge >= 0.3 is 5.97 Å². The zero-order valence-electron chi connectivity index (χ0n) is 11.5. The van der Waals surface area contributed by atoms with Crippen molar-refractivity contribution in [2.75, 3.05) is 6.61 Å². The summed E-state index contributed by atoms with van der Waals surface area (Å²) in [6.45, 7) is 3.51. The molecule has 0 bridgehead atoms. The molecule has 1 fully saturated rings. The van der Waals surface area contributed by atoms with Gasteiger partial charge in [0.15, 0.2) is 11.5 Å². The third kappa shape index (κ3) is 3.85. The molecule has 1 N–H and O–H groups in total. The van der Waals surface area contributed by atoms with E-state index in [0.717, 1.165) is 11.8 Å². The molecule has 21 heavy (non-hydrogen) atoms. The number of carbonyl (C=O) groups is 3. The largest absolute Gasteiger partial charge is 0.490 e. The molecule has 1 saturated heterocycles. The number of thioether (sulfide) groups is 1. The van der Waals surface area contributed by atoms with Gasteiger partial charge in [-0.2, -0.15) is 0 Å². The molecule has 0 aliphatic carbocycles. The summed E-state index contributed by atoms with van der Waals surface area (Å²) >= 11 is 0.838. The summed E-state index contributed by atoms with van der Waals surface area (Å²) in [4.78, 5) is 33.9. The van der Waals surface area contributed by atoms with E-state index in [-0.39, 0.29) is 0 Å². The third-order valence-electron chi connectivity index (χ3n) is 2.46. The van der Waals surface area contributed by atoms with Gasteiger partial charge in [0.1, 0.15) is 0 Å². The fourth-order valence-corrected chi connectivity index (χ4v) is 2.38. The number of rotatable bonds is 4. The molecule has 0 atom stereocenters. The van der Waals surface area contributed by atoms with Crippen LogP contribution in [0.25, 0.3) is 6.08 Å². The molecule has 0 unspecified atom stereocenters. The molecule has 0 saturated carbocycles. The second-order valence-corrected chi connectivity index (χ2v) is 5.10. The van der Waals surface area contributed by atoms with Gasteiger partial charge in [0.25, 0.3) is 11.1 Å². The summed E-state index contributed by atoms with van der Waals surface area (Å²) in [7, 11) is 0. The van der Waals surface area contributed by atoms with E-state index >= 15 is 0 Å². The highest BCUT2D eigenvalue weighted by molar-refractivity contribution is 8.18. The van der Waals surface area contributed by atoms with E-state index in [1.54, 1.807) is 24.3 Å². The lowest BCUT2D eigenvalue weighted by atomic mass is 10.2. The molecule has 1 aromatic rings. The van der Waals surface area contributed by atoms with Crippen LogP contribution >= 0.6 is 11.8 Å². The lowest BCUT2D eigenvalue weighted by Crippen LogP contribution is -2.17. The fourth-order valence-electron chi connectivity index (χ4n) is 1.69. The average Bonchev–Trinajstić information content (AvgIpc) is 2.71. The Morgan fingerprint density at radius 3 is 2.67 bits per heavy atom. The van der Waals surface area contributed by atoms with E-state index in [9.17, 15) is 14.4 Å². The first-order chi connectivity index (χ1) is 9.99. The molecule has 0 spiro atoms. The van der Waals surface area contributed by atoms with Gasteiger partial charge in [0.05, 0.1) is 11.5 Å². The minimum absolute atomic E-state index is 0.308. The molecule has 2 amide bonds. The van der Waals surface area contributed by atoms with Crippen molar-refractivity contribution in [2.24, 2.45) is 0 Å². The summed E-state index contributed by atoms with van der Waals surface area (Å²) in [6.07, 6.45) is 1.57. The van der Waals surface area contributed by atoms with Gasteiger partial charge in [-0.1, -0.05) is 6.07 Å². The predicted molar refractivity (Wildman–Crippen MR) is 78.0 cm³/mol. The SMILES string of the molecule is CCOc1cc(/C=C2\SC(=O)NC2=O)ccc1OC(C)=O. The Bertz CT molecular complexity index is 638. The number of hydrogen-bond donors (Lipinski definition) is 1.